The third-order valence-electron chi connectivity index (χ3n) is 4.57. The lowest BCUT2D eigenvalue weighted by Crippen LogP contribution is -2.49. The number of hydrogen-bond acceptors (Lipinski definition) is 3. The fraction of sp³-hybridized carbons (Fsp3) is 0.474. The molecule has 1 aromatic heterocycles. The summed E-state index contributed by atoms with van der Waals surface area (Å²) in [5.74, 6) is 1.74. The summed E-state index contributed by atoms with van der Waals surface area (Å²) in [6.07, 6.45) is 1.61. The zero-order valence-corrected chi connectivity index (χ0v) is 15.1. The number of anilines is 1. The fourth-order valence-electron chi connectivity index (χ4n) is 3.06. The molecule has 0 saturated carbocycles. The van der Waals surface area contributed by atoms with Crippen LogP contribution in [0.15, 0.2) is 30.3 Å². The predicted octanol–water partition coefficient (Wildman–Crippen LogP) is 3.97. The zero-order valence-electron chi connectivity index (χ0n) is 14.3. The number of fused-ring (bicyclic) bond motifs is 1. The van der Waals surface area contributed by atoms with Gasteiger partial charge in [0.25, 0.3) is 0 Å². The summed E-state index contributed by atoms with van der Waals surface area (Å²) in [7, 11) is 0. The maximum atomic E-state index is 12.2. The summed E-state index contributed by atoms with van der Waals surface area (Å²) >= 11 is 6.33. The highest BCUT2D eigenvalue weighted by atomic mass is 35.5. The Labute approximate surface area is 148 Å². The van der Waals surface area contributed by atoms with Crippen molar-refractivity contribution in [3.05, 3.63) is 35.5 Å². The quantitative estimate of drug-likeness (QED) is 0.786. The monoisotopic (exact) mass is 345 g/mol. The summed E-state index contributed by atoms with van der Waals surface area (Å²) < 4.78 is 0. The summed E-state index contributed by atoms with van der Waals surface area (Å²) in [5, 5.41) is 2.62. The van der Waals surface area contributed by atoms with Crippen LogP contribution in [-0.2, 0) is 4.79 Å². The molecule has 0 spiro atoms. The molecule has 0 unspecified atom stereocenters. The third-order valence-corrected chi connectivity index (χ3v) is 4.86. The minimum atomic E-state index is 0.271. The van der Waals surface area contributed by atoms with Crippen LogP contribution in [0.4, 0.5) is 5.82 Å². The largest absolute Gasteiger partial charge is 0.353 e. The molecule has 0 bridgehead atoms. The first-order valence-electron chi connectivity index (χ1n) is 8.62. The van der Waals surface area contributed by atoms with E-state index in [1.165, 1.54) is 0 Å². The average molecular weight is 346 g/mol. The van der Waals surface area contributed by atoms with E-state index in [4.69, 9.17) is 11.6 Å². The van der Waals surface area contributed by atoms with E-state index >= 15 is 0 Å². The SMILES string of the molecule is CC(C)CCC(=O)N1CCN(c2cc3ccccc3c(Cl)n2)CC1. The van der Waals surface area contributed by atoms with Crippen molar-refractivity contribution in [1.29, 1.82) is 0 Å². The molecule has 0 N–H and O–H groups in total. The van der Waals surface area contributed by atoms with Crippen molar-refractivity contribution < 1.29 is 4.79 Å². The van der Waals surface area contributed by atoms with Gasteiger partial charge < -0.3 is 9.80 Å². The summed E-state index contributed by atoms with van der Waals surface area (Å²) in [6, 6.07) is 10.1. The van der Waals surface area contributed by atoms with E-state index < -0.39 is 0 Å². The van der Waals surface area contributed by atoms with Gasteiger partial charge in [-0.25, -0.2) is 4.98 Å². The zero-order chi connectivity index (χ0) is 17.1. The van der Waals surface area contributed by atoms with Gasteiger partial charge >= 0.3 is 0 Å². The van der Waals surface area contributed by atoms with Gasteiger partial charge in [0.15, 0.2) is 0 Å². The van der Waals surface area contributed by atoms with Crippen LogP contribution in [0, 0.1) is 5.92 Å². The lowest BCUT2D eigenvalue weighted by molar-refractivity contribution is -0.131. The van der Waals surface area contributed by atoms with E-state index in [0.29, 0.717) is 17.5 Å². The Morgan fingerprint density at radius 2 is 1.92 bits per heavy atom. The van der Waals surface area contributed by atoms with Crippen molar-refractivity contribution in [3.63, 3.8) is 0 Å². The summed E-state index contributed by atoms with van der Waals surface area (Å²) in [4.78, 5) is 21.0. The maximum Gasteiger partial charge on any atom is 0.222 e. The molecule has 5 heteroatoms. The molecule has 24 heavy (non-hydrogen) atoms. The summed E-state index contributed by atoms with van der Waals surface area (Å²) in [6.45, 7) is 7.41. The Morgan fingerprint density at radius 1 is 1.21 bits per heavy atom. The first kappa shape index (κ1) is 17.0. The van der Waals surface area contributed by atoms with Gasteiger partial charge in [-0.1, -0.05) is 49.7 Å². The highest BCUT2D eigenvalue weighted by Crippen LogP contribution is 2.26. The average Bonchev–Trinajstić information content (AvgIpc) is 2.60. The molecule has 1 aliphatic heterocycles. The molecule has 1 aromatic carbocycles. The van der Waals surface area contributed by atoms with E-state index in [9.17, 15) is 4.79 Å². The van der Waals surface area contributed by atoms with Gasteiger partial charge in [0, 0.05) is 38.0 Å². The highest BCUT2D eigenvalue weighted by Gasteiger charge is 2.22. The van der Waals surface area contributed by atoms with Gasteiger partial charge in [-0.15, -0.1) is 0 Å². The van der Waals surface area contributed by atoms with Gasteiger partial charge in [-0.05, 0) is 23.8 Å². The standard InChI is InChI=1S/C19H24ClN3O/c1-14(2)7-8-18(24)23-11-9-22(10-12-23)17-13-15-5-3-4-6-16(15)19(20)21-17/h3-6,13-14H,7-12H2,1-2H3. The molecular formula is C19H24ClN3O. The van der Waals surface area contributed by atoms with Crippen LogP contribution in [0.1, 0.15) is 26.7 Å². The normalized spacial score (nSPS) is 15.3. The number of rotatable bonds is 4. The second-order valence-electron chi connectivity index (χ2n) is 6.79. The van der Waals surface area contributed by atoms with Crippen molar-refractivity contribution in [2.75, 3.05) is 31.1 Å². The number of pyridine rings is 1. The first-order chi connectivity index (χ1) is 11.5. The molecule has 1 saturated heterocycles. The first-order valence-corrected chi connectivity index (χ1v) is 9.00. The highest BCUT2D eigenvalue weighted by molar-refractivity contribution is 6.34. The second-order valence-corrected chi connectivity index (χ2v) is 7.15. The van der Waals surface area contributed by atoms with Crippen molar-refractivity contribution in [3.8, 4) is 0 Å². The number of benzene rings is 1. The Bertz CT molecular complexity index is 724. The predicted molar refractivity (Wildman–Crippen MR) is 99.6 cm³/mol. The van der Waals surface area contributed by atoms with E-state index in [1.807, 2.05) is 23.1 Å². The van der Waals surface area contributed by atoms with Crippen molar-refractivity contribution in [2.45, 2.75) is 26.7 Å². The minimum Gasteiger partial charge on any atom is -0.353 e. The van der Waals surface area contributed by atoms with Crippen molar-refractivity contribution in [2.24, 2.45) is 5.92 Å². The molecule has 0 radical (unpaired) electrons. The fourth-order valence-corrected chi connectivity index (χ4v) is 3.32. The van der Waals surface area contributed by atoms with Crippen LogP contribution in [-0.4, -0.2) is 42.0 Å². The number of amides is 1. The molecular weight excluding hydrogens is 322 g/mol. The Hall–Kier alpha value is -1.81. The van der Waals surface area contributed by atoms with Crippen molar-refractivity contribution in [1.82, 2.24) is 9.88 Å². The molecule has 0 atom stereocenters. The number of halogens is 1. The molecule has 128 valence electrons. The molecule has 0 aliphatic carbocycles. The molecule has 1 aliphatic rings. The Balaban J connectivity index is 1.65. The molecule has 1 amide bonds. The minimum absolute atomic E-state index is 0.271. The van der Waals surface area contributed by atoms with Crippen LogP contribution in [0.3, 0.4) is 0 Å². The van der Waals surface area contributed by atoms with Gasteiger partial charge in [0.2, 0.25) is 5.91 Å². The number of piperazine rings is 1. The van der Waals surface area contributed by atoms with Gasteiger partial charge in [-0.3, -0.25) is 4.79 Å². The number of aromatic nitrogens is 1. The smallest absolute Gasteiger partial charge is 0.222 e. The van der Waals surface area contributed by atoms with Gasteiger partial charge in [0.1, 0.15) is 11.0 Å². The molecule has 2 aromatic rings. The Kier molecular flexibility index (Phi) is 5.24. The molecule has 3 rings (SSSR count). The maximum absolute atomic E-state index is 12.2. The lowest BCUT2D eigenvalue weighted by Gasteiger charge is -2.35. The van der Waals surface area contributed by atoms with E-state index in [1.54, 1.807) is 0 Å². The second kappa shape index (κ2) is 7.39. The number of nitrogens with zero attached hydrogens (tertiary/aromatic N) is 3. The summed E-state index contributed by atoms with van der Waals surface area (Å²) in [5.41, 5.74) is 0. The van der Waals surface area contributed by atoms with Gasteiger partial charge in [0.05, 0.1) is 0 Å². The lowest BCUT2D eigenvalue weighted by atomic mass is 10.1. The molecule has 2 heterocycles. The van der Waals surface area contributed by atoms with E-state index in [0.717, 1.165) is 49.2 Å². The van der Waals surface area contributed by atoms with E-state index in [-0.39, 0.29) is 5.91 Å². The number of carbonyl (C=O) groups excluding carboxylic acids is 1. The van der Waals surface area contributed by atoms with Gasteiger partial charge in [-0.2, -0.15) is 0 Å². The van der Waals surface area contributed by atoms with Crippen LogP contribution in [0.25, 0.3) is 10.8 Å². The number of carbonyl (C=O) groups is 1. The van der Waals surface area contributed by atoms with E-state index in [2.05, 4.69) is 35.9 Å². The van der Waals surface area contributed by atoms with Crippen molar-refractivity contribution >= 4 is 34.1 Å². The van der Waals surface area contributed by atoms with Crippen LogP contribution in [0.5, 0.6) is 0 Å². The number of hydrogen-bond donors (Lipinski definition) is 0. The van der Waals surface area contributed by atoms with Crippen LogP contribution >= 0.6 is 11.6 Å². The Morgan fingerprint density at radius 3 is 2.62 bits per heavy atom. The molecule has 4 nitrogen and oxygen atoms in total. The third kappa shape index (κ3) is 3.81. The topological polar surface area (TPSA) is 36.4 Å². The van der Waals surface area contributed by atoms with Crippen LogP contribution in [0.2, 0.25) is 5.15 Å². The van der Waals surface area contributed by atoms with Crippen LogP contribution < -0.4 is 4.90 Å². The molecule has 1 fully saturated rings.